The Balaban J connectivity index is 1.81. The van der Waals surface area contributed by atoms with Gasteiger partial charge in [-0.2, -0.15) is 0 Å². The van der Waals surface area contributed by atoms with Crippen molar-refractivity contribution in [1.29, 1.82) is 0 Å². The average Bonchev–Trinajstić information content (AvgIpc) is 3.00. The molecular formula is C24H23F2N3O3. The van der Waals surface area contributed by atoms with Crippen LogP contribution < -0.4 is 10.2 Å². The first-order chi connectivity index (χ1) is 15.3. The van der Waals surface area contributed by atoms with Gasteiger partial charge in [0.2, 0.25) is 5.91 Å². The molecule has 1 N–H and O–H groups in total. The SMILES string of the molecule is CC(=O)Nc1ccc(C2=C(N3CCCC(C)C3)C(=O)N(c3cc(F)ccc3F)C2=O)cc1. The number of carbonyl (C=O) groups excluding carboxylic acids is 3. The number of anilines is 2. The number of nitrogens with zero attached hydrogens (tertiary/aromatic N) is 2. The highest BCUT2D eigenvalue weighted by Gasteiger charge is 2.44. The number of rotatable bonds is 4. The van der Waals surface area contributed by atoms with Crippen LogP contribution in [-0.2, 0) is 14.4 Å². The maximum Gasteiger partial charge on any atom is 0.282 e. The van der Waals surface area contributed by atoms with Crippen molar-refractivity contribution in [3.8, 4) is 0 Å². The second kappa shape index (κ2) is 8.53. The number of carbonyl (C=O) groups is 3. The van der Waals surface area contributed by atoms with E-state index in [4.69, 9.17) is 0 Å². The van der Waals surface area contributed by atoms with Crippen LogP contribution in [0.3, 0.4) is 0 Å². The fourth-order valence-electron chi connectivity index (χ4n) is 4.26. The molecule has 0 saturated carbocycles. The molecule has 1 atom stereocenters. The molecule has 8 heteroatoms. The zero-order valence-electron chi connectivity index (χ0n) is 17.8. The van der Waals surface area contributed by atoms with Gasteiger partial charge >= 0.3 is 0 Å². The molecule has 3 amide bonds. The average molecular weight is 439 g/mol. The first-order valence-electron chi connectivity index (χ1n) is 10.5. The maximum atomic E-state index is 14.5. The molecule has 0 aromatic heterocycles. The van der Waals surface area contributed by atoms with Gasteiger partial charge in [0.05, 0.1) is 11.3 Å². The van der Waals surface area contributed by atoms with Crippen molar-refractivity contribution in [2.24, 2.45) is 5.92 Å². The van der Waals surface area contributed by atoms with Crippen molar-refractivity contribution < 1.29 is 23.2 Å². The Morgan fingerprint density at radius 1 is 1.06 bits per heavy atom. The number of likely N-dealkylation sites (tertiary alicyclic amines) is 1. The second-order valence-corrected chi connectivity index (χ2v) is 8.22. The number of amides is 3. The summed E-state index contributed by atoms with van der Waals surface area (Å²) in [5.74, 6) is -2.90. The molecule has 166 valence electrons. The van der Waals surface area contributed by atoms with Crippen molar-refractivity contribution in [2.45, 2.75) is 26.7 Å². The van der Waals surface area contributed by atoms with Gasteiger partial charge in [-0.15, -0.1) is 0 Å². The highest BCUT2D eigenvalue weighted by Crippen LogP contribution is 2.37. The van der Waals surface area contributed by atoms with E-state index in [-0.39, 0.29) is 17.2 Å². The van der Waals surface area contributed by atoms with E-state index >= 15 is 0 Å². The van der Waals surface area contributed by atoms with Crippen LogP contribution in [0.2, 0.25) is 0 Å². The molecule has 0 bridgehead atoms. The second-order valence-electron chi connectivity index (χ2n) is 8.22. The Bertz CT molecular complexity index is 1130. The summed E-state index contributed by atoms with van der Waals surface area (Å²) in [5.41, 5.74) is 0.928. The van der Waals surface area contributed by atoms with Crippen LogP contribution in [0.4, 0.5) is 20.2 Å². The van der Waals surface area contributed by atoms with Crippen molar-refractivity contribution >= 4 is 34.7 Å². The van der Waals surface area contributed by atoms with Crippen molar-refractivity contribution in [1.82, 2.24) is 4.90 Å². The number of hydrogen-bond donors (Lipinski definition) is 1. The van der Waals surface area contributed by atoms with Gasteiger partial charge in [-0.3, -0.25) is 14.4 Å². The summed E-state index contributed by atoms with van der Waals surface area (Å²) >= 11 is 0. The molecule has 2 heterocycles. The lowest BCUT2D eigenvalue weighted by Crippen LogP contribution is -2.39. The summed E-state index contributed by atoms with van der Waals surface area (Å²) in [7, 11) is 0. The van der Waals surface area contributed by atoms with Crippen LogP contribution in [0.15, 0.2) is 48.2 Å². The molecule has 1 unspecified atom stereocenters. The van der Waals surface area contributed by atoms with Crippen molar-refractivity contribution in [3.63, 3.8) is 0 Å². The van der Waals surface area contributed by atoms with Gasteiger partial charge in [-0.1, -0.05) is 19.1 Å². The molecule has 0 spiro atoms. The van der Waals surface area contributed by atoms with Gasteiger partial charge in [0.1, 0.15) is 17.3 Å². The fourth-order valence-corrected chi connectivity index (χ4v) is 4.26. The highest BCUT2D eigenvalue weighted by molar-refractivity contribution is 6.45. The summed E-state index contributed by atoms with van der Waals surface area (Å²) in [6.07, 6.45) is 1.87. The van der Waals surface area contributed by atoms with Gasteiger partial charge in [-0.25, -0.2) is 13.7 Å². The van der Waals surface area contributed by atoms with Gasteiger partial charge in [0, 0.05) is 31.8 Å². The summed E-state index contributed by atoms with van der Waals surface area (Å²) in [4.78, 5) is 40.8. The number of halogens is 2. The number of piperidine rings is 1. The molecule has 0 aliphatic carbocycles. The molecule has 2 aromatic carbocycles. The molecule has 2 aliphatic rings. The normalized spacial score (nSPS) is 19.1. The van der Waals surface area contributed by atoms with E-state index in [0.29, 0.717) is 35.2 Å². The van der Waals surface area contributed by atoms with Crippen LogP contribution in [0.5, 0.6) is 0 Å². The number of benzene rings is 2. The van der Waals surface area contributed by atoms with Crippen molar-refractivity contribution in [3.05, 3.63) is 65.4 Å². The molecule has 6 nitrogen and oxygen atoms in total. The van der Waals surface area contributed by atoms with Gasteiger partial charge in [-0.05, 0) is 48.6 Å². The minimum Gasteiger partial charge on any atom is -0.366 e. The fraction of sp³-hybridized carbons (Fsp3) is 0.292. The van der Waals surface area contributed by atoms with Crippen LogP contribution in [-0.4, -0.2) is 35.7 Å². The van der Waals surface area contributed by atoms with E-state index in [1.54, 1.807) is 24.3 Å². The quantitative estimate of drug-likeness (QED) is 0.733. The van der Waals surface area contributed by atoms with Crippen molar-refractivity contribution in [2.75, 3.05) is 23.3 Å². The number of imide groups is 1. The molecule has 2 aromatic rings. The Morgan fingerprint density at radius 2 is 1.78 bits per heavy atom. The van der Waals surface area contributed by atoms with E-state index in [0.717, 1.165) is 31.0 Å². The molecule has 1 saturated heterocycles. The Kier molecular flexibility index (Phi) is 5.78. The van der Waals surface area contributed by atoms with E-state index in [1.807, 2.05) is 4.90 Å². The predicted molar refractivity (Wildman–Crippen MR) is 116 cm³/mol. The molecule has 0 radical (unpaired) electrons. The Labute approximate surface area is 184 Å². The molecule has 1 fully saturated rings. The van der Waals surface area contributed by atoms with E-state index in [9.17, 15) is 23.2 Å². The maximum absolute atomic E-state index is 14.5. The number of nitrogens with one attached hydrogen (secondary N) is 1. The third-order valence-electron chi connectivity index (χ3n) is 5.68. The predicted octanol–water partition coefficient (Wildman–Crippen LogP) is 3.94. The number of hydrogen-bond acceptors (Lipinski definition) is 4. The molecular weight excluding hydrogens is 416 g/mol. The Hall–Kier alpha value is -3.55. The van der Waals surface area contributed by atoms with Crippen LogP contribution in [0.25, 0.3) is 5.57 Å². The van der Waals surface area contributed by atoms with Crippen LogP contribution >= 0.6 is 0 Å². The summed E-state index contributed by atoms with van der Waals surface area (Å²) in [5, 5.41) is 2.65. The zero-order chi connectivity index (χ0) is 23.0. The summed E-state index contributed by atoms with van der Waals surface area (Å²) in [6.45, 7) is 4.63. The standard InChI is InChI=1S/C24H23F2N3O3/c1-14-4-3-11-28(13-14)22-21(16-5-8-18(9-6-16)27-15(2)30)23(31)29(24(22)32)20-12-17(25)7-10-19(20)26/h5-10,12,14H,3-4,11,13H2,1-2H3,(H,27,30). The lowest BCUT2D eigenvalue weighted by Gasteiger charge is -2.33. The topological polar surface area (TPSA) is 69.7 Å². The molecule has 2 aliphatic heterocycles. The summed E-state index contributed by atoms with van der Waals surface area (Å²) < 4.78 is 28.4. The van der Waals surface area contributed by atoms with E-state index in [2.05, 4.69) is 12.2 Å². The minimum absolute atomic E-state index is 0.141. The molecule has 4 rings (SSSR count). The van der Waals surface area contributed by atoms with Crippen LogP contribution in [0.1, 0.15) is 32.3 Å². The molecule has 32 heavy (non-hydrogen) atoms. The first kappa shape index (κ1) is 21.7. The zero-order valence-corrected chi connectivity index (χ0v) is 17.8. The third kappa shape index (κ3) is 4.00. The lowest BCUT2D eigenvalue weighted by molar-refractivity contribution is -0.121. The van der Waals surface area contributed by atoms with Gasteiger partial charge < -0.3 is 10.2 Å². The van der Waals surface area contributed by atoms with E-state index in [1.165, 1.54) is 6.92 Å². The van der Waals surface area contributed by atoms with Gasteiger partial charge in [0.15, 0.2) is 0 Å². The largest absolute Gasteiger partial charge is 0.366 e. The third-order valence-corrected chi connectivity index (χ3v) is 5.68. The minimum atomic E-state index is -0.860. The Morgan fingerprint density at radius 3 is 2.44 bits per heavy atom. The van der Waals surface area contributed by atoms with Crippen LogP contribution in [0, 0.1) is 17.6 Å². The van der Waals surface area contributed by atoms with Gasteiger partial charge in [0.25, 0.3) is 11.8 Å². The van der Waals surface area contributed by atoms with E-state index < -0.39 is 29.1 Å². The summed E-state index contributed by atoms with van der Waals surface area (Å²) in [6, 6.07) is 9.20. The smallest absolute Gasteiger partial charge is 0.282 e. The first-order valence-corrected chi connectivity index (χ1v) is 10.5. The monoisotopic (exact) mass is 439 g/mol. The lowest BCUT2D eigenvalue weighted by atomic mass is 9.97. The highest BCUT2D eigenvalue weighted by atomic mass is 19.1.